The van der Waals surface area contributed by atoms with E-state index >= 15 is 0 Å². The molecule has 0 N–H and O–H groups in total. The van der Waals surface area contributed by atoms with E-state index in [0.717, 1.165) is 18.2 Å². The average Bonchev–Trinajstić information content (AvgIpc) is 2.94. The minimum absolute atomic E-state index is 0.688. The van der Waals surface area contributed by atoms with E-state index in [1.165, 1.54) is 0 Å². The first-order valence-electron chi connectivity index (χ1n) is 12.2. The van der Waals surface area contributed by atoms with Gasteiger partial charge in [-0.05, 0) is 12.1 Å². The van der Waals surface area contributed by atoms with E-state index in [1.807, 2.05) is 0 Å². The Bertz CT molecular complexity index is 1220. The molecular formula is C22H13F26O2P. The maximum absolute atomic E-state index is 14.0. The Labute approximate surface area is 265 Å². The number of rotatable bonds is 17. The lowest BCUT2D eigenvalue weighted by Gasteiger charge is -2.40. The minimum Gasteiger partial charge on any atom is -0.330 e. The van der Waals surface area contributed by atoms with Gasteiger partial charge in [-0.1, -0.05) is 18.2 Å². The summed E-state index contributed by atoms with van der Waals surface area (Å²) in [5.41, 5.74) is 0. The van der Waals surface area contributed by atoms with Crippen LogP contribution in [0.4, 0.5) is 114 Å². The van der Waals surface area contributed by atoms with Gasteiger partial charge in [0.25, 0.3) is 0 Å². The van der Waals surface area contributed by atoms with Crippen molar-refractivity contribution in [2.75, 3.05) is 13.2 Å². The lowest BCUT2D eigenvalue weighted by molar-refractivity contribution is -0.440. The van der Waals surface area contributed by atoms with Crippen molar-refractivity contribution < 1.29 is 123 Å². The zero-order chi connectivity index (χ0) is 40.9. The van der Waals surface area contributed by atoms with Crippen molar-refractivity contribution in [1.82, 2.24) is 0 Å². The van der Waals surface area contributed by atoms with E-state index in [1.54, 1.807) is 0 Å². The molecular weight excluding hydrogens is 821 g/mol. The molecule has 0 unspecified atom stereocenters. The van der Waals surface area contributed by atoms with E-state index in [2.05, 4.69) is 9.05 Å². The van der Waals surface area contributed by atoms with Crippen LogP contribution < -0.4 is 5.30 Å². The van der Waals surface area contributed by atoms with Gasteiger partial charge < -0.3 is 9.05 Å². The molecule has 0 bridgehead atoms. The van der Waals surface area contributed by atoms with E-state index in [4.69, 9.17) is 0 Å². The zero-order valence-electron chi connectivity index (χ0n) is 23.3. The molecule has 29 heteroatoms. The highest BCUT2D eigenvalue weighted by Crippen LogP contribution is 2.62. The van der Waals surface area contributed by atoms with Gasteiger partial charge in [-0.2, -0.15) is 114 Å². The normalized spacial score (nSPS) is 15.9. The second kappa shape index (κ2) is 13.9. The first-order valence-corrected chi connectivity index (χ1v) is 13.4. The molecule has 51 heavy (non-hydrogen) atoms. The van der Waals surface area contributed by atoms with Gasteiger partial charge in [0.05, 0.1) is 13.2 Å². The third-order valence-corrected chi connectivity index (χ3v) is 7.77. The molecule has 1 aromatic carbocycles. The van der Waals surface area contributed by atoms with Crippen molar-refractivity contribution in [3.05, 3.63) is 30.3 Å². The van der Waals surface area contributed by atoms with Crippen LogP contribution in [0.5, 0.6) is 0 Å². The summed E-state index contributed by atoms with van der Waals surface area (Å²) in [4.78, 5) is 0. The van der Waals surface area contributed by atoms with Crippen LogP contribution in [0.15, 0.2) is 30.3 Å². The Morgan fingerprint density at radius 1 is 0.353 bits per heavy atom. The second-order valence-electron chi connectivity index (χ2n) is 9.76. The molecule has 0 aromatic heterocycles. The lowest BCUT2D eigenvalue weighted by atomic mass is 9.93. The van der Waals surface area contributed by atoms with Gasteiger partial charge in [0.2, 0.25) is 8.38 Å². The third-order valence-electron chi connectivity index (χ3n) is 6.21. The Hall–Kier alpha value is -2.25. The molecule has 0 heterocycles. The molecule has 1 aromatic rings. The van der Waals surface area contributed by atoms with Crippen LogP contribution in [0.25, 0.3) is 0 Å². The first-order chi connectivity index (χ1) is 22.2. The van der Waals surface area contributed by atoms with Gasteiger partial charge in [0.1, 0.15) is 0 Å². The summed E-state index contributed by atoms with van der Waals surface area (Å²) in [7, 11) is -3.57. The standard InChI is InChI=1S/C22H13F26O2P/c23-11(24,13(27,28)15(31,32)17(35,36)19(39,40)21(43,44)45)6-8-49-51(10-4-2-1-3-5-10)50-9-7-12(25,26)14(29,30)16(33,34)18(37,38)20(41,42)22(46,47)48/h1-5H,6-9H2. The summed E-state index contributed by atoms with van der Waals surface area (Å²) >= 11 is 0. The van der Waals surface area contributed by atoms with Crippen LogP contribution in [0.1, 0.15) is 12.8 Å². The zero-order valence-corrected chi connectivity index (χ0v) is 24.2. The number of alkyl halides is 26. The Morgan fingerprint density at radius 3 is 0.863 bits per heavy atom. The lowest BCUT2D eigenvalue weighted by Crippen LogP contribution is -2.70. The molecule has 0 atom stereocenters. The molecule has 0 spiro atoms. The van der Waals surface area contributed by atoms with Crippen molar-refractivity contribution in [1.29, 1.82) is 0 Å². The number of benzene rings is 1. The van der Waals surface area contributed by atoms with E-state index in [0.29, 0.717) is 12.1 Å². The summed E-state index contributed by atoms with van der Waals surface area (Å²) in [6, 6.07) is 4.20. The topological polar surface area (TPSA) is 18.5 Å². The van der Waals surface area contributed by atoms with Crippen LogP contribution >= 0.6 is 8.38 Å². The largest absolute Gasteiger partial charge is 0.460 e. The summed E-state index contributed by atoms with van der Waals surface area (Å²) in [5.74, 6) is -78.2. The molecule has 0 aliphatic carbocycles. The van der Waals surface area contributed by atoms with Crippen LogP contribution in [0.3, 0.4) is 0 Å². The molecule has 0 aliphatic heterocycles. The van der Waals surface area contributed by atoms with E-state index in [-0.39, 0.29) is 0 Å². The van der Waals surface area contributed by atoms with E-state index < -0.39 is 111 Å². The second-order valence-corrected chi connectivity index (χ2v) is 11.3. The fourth-order valence-electron chi connectivity index (χ4n) is 3.17. The van der Waals surface area contributed by atoms with Gasteiger partial charge in [0.15, 0.2) is 0 Å². The fraction of sp³-hybridized carbons (Fsp3) is 0.727. The number of hydrogen-bond donors (Lipinski definition) is 0. The van der Waals surface area contributed by atoms with Gasteiger partial charge in [-0.15, -0.1) is 0 Å². The maximum Gasteiger partial charge on any atom is 0.460 e. The van der Waals surface area contributed by atoms with Gasteiger partial charge in [0, 0.05) is 18.1 Å². The summed E-state index contributed by atoms with van der Waals surface area (Å²) in [6.45, 7) is -4.58. The molecule has 0 saturated carbocycles. The Kier molecular flexibility index (Phi) is 12.7. The van der Waals surface area contributed by atoms with Gasteiger partial charge in [-0.25, -0.2) is 0 Å². The Balaban J connectivity index is 3.28. The quantitative estimate of drug-likeness (QED) is 0.115. The summed E-state index contributed by atoms with van der Waals surface area (Å²) in [5, 5.41) is -0.694. The highest BCUT2D eigenvalue weighted by molar-refractivity contribution is 7.56. The molecule has 0 aliphatic rings. The van der Waals surface area contributed by atoms with Crippen molar-refractivity contribution in [2.45, 2.75) is 84.4 Å². The predicted molar refractivity (Wildman–Crippen MR) is 116 cm³/mol. The van der Waals surface area contributed by atoms with Crippen LogP contribution in [0, 0.1) is 0 Å². The maximum atomic E-state index is 14.0. The van der Waals surface area contributed by atoms with Crippen molar-refractivity contribution in [2.24, 2.45) is 0 Å². The molecule has 0 amide bonds. The fourth-order valence-corrected chi connectivity index (χ4v) is 4.47. The third kappa shape index (κ3) is 7.72. The average molecular weight is 834 g/mol. The highest BCUT2D eigenvalue weighted by atomic mass is 31.2. The van der Waals surface area contributed by atoms with Crippen LogP contribution in [0.2, 0.25) is 0 Å². The molecule has 0 radical (unpaired) electrons. The molecule has 1 rings (SSSR count). The van der Waals surface area contributed by atoms with Crippen molar-refractivity contribution >= 4 is 13.7 Å². The minimum atomic E-state index is -8.28. The molecule has 0 saturated heterocycles. The molecule has 2 nitrogen and oxygen atoms in total. The number of hydrogen-bond acceptors (Lipinski definition) is 2. The monoisotopic (exact) mass is 834 g/mol. The van der Waals surface area contributed by atoms with Gasteiger partial charge in [-0.3, -0.25) is 0 Å². The van der Waals surface area contributed by atoms with Crippen molar-refractivity contribution in [3.8, 4) is 0 Å². The van der Waals surface area contributed by atoms with Crippen LogP contribution in [-0.4, -0.2) is 84.8 Å². The van der Waals surface area contributed by atoms with Crippen LogP contribution in [-0.2, 0) is 9.05 Å². The number of halogens is 26. The smallest absolute Gasteiger partial charge is 0.330 e. The Morgan fingerprint density at radius 2 is 0.608 bits per heavy atom. The van der Waals surface area contributed by atoms with E-state index in [9.17, 15) is 114 Å². The summed E-state index contributed by atoms with van der Waals surface area (Å²) < 4.78 is 353. The predicted octanol–water partition coefficient (Wildman–Crippen LogP) is 10.9. The highest BCUT2D eigenvalue weighted by Gasteiger charge is 2.92. The molecule has 300 valence electrons. The first kappa shape index (κ1) is 46.8. The molecule has 0 fully saturated rings. The van der Waals surface area contributed by atoms with Gasteiger partial charge >= 0.3 is 71.6 Å². The SMILES string of the molecule is FC(F)(F)C(F)(F)C(F)(F)C(F)(F)C(F)(F)C(F)(F)CCOP(OCCC(F)(F)C(F)(F)C(F)(F)C(F)(F)C(F)(F)C(F)(F)F)c1ccccc1. The summed E-state index contributed by atoms with van der Waals surface area (Å²) in [6.07, 6.45) is -21.6. The van der Waals surface area contributed by atoms with Crippen molar-refractivity contribution in [3.63, 3.8) is 0 Å².